The van der Waals surface area contributed by atoms with Gasteiger partial charge in [0.15, 0.2) is 0 Å². The molecule has 0 aliphatic heterocycles. The van der Waals surface area contributed by atoms with Crippen molar-refractivity contribution in [3.8, 4) is 0 Å². The van der Waals surface area contributed by atoms with Crippen LogP contribution in [0.5, 0.6) is 0 Å². The molecule has 0 amide bonds. The van der Waals surface area contributed by atoms with E-state index in [9.17, 15) is 8.78 Å². The minimum Gasteiger partial charge on any atom is -0.378 e. The van der Waals surface area contributed by atoms with E-state index in [0.29, 0.717) is 24.0 Å². The van der Waals surface area contributed by atoms with Crippen LogP contribution in [0.15, 0.2) is 18.2 Å². The van der Waals surface area contributed by atoms with Crippen LogP contribution in [0.25, 0.3) is 0 Å². The first kappa shape index (κ1) is 15.4. The normalized spacial score (nSPS) is 23.4. The first-order chi connectivity index (χ1) is 9.62. The summed E-state index contributed by atoms with van der Waals surface area (Å²) in [5, 5.41) is 0. The number of nitrogens with two attached hydrogens (primary N) is 1. The van der Waals surface area contributed by atoms with Crippen LogP contribution in [0, 0.1) is 17.6 Å². The Bertz CT molecular complexity index is 436. The molecule has 20 heavy (non-hydrogen) atoms. The number of hydrogen-bond donors (Lipinski definition) is 2. The summed E-state index contributed by atoms with van der Waals surface area (Å²) in [5.74, 6) is 5.28. The van der Waals surface area contributed by atoms with E-state index in [-0.39, 0.29) is 11.9 Å². The molecule has 1 aliphatic rings. The molecular weight excluding hydrogens is 262 g/mol. The molecule has 0 heterocycles. The number of benzene rings is 1. The number of nitrogens with one attached hydrogen (secondary N) is 1. The molecule has 1 aromatic carbocycles. The summed E-state index contributed by atoms with van der Waals surface area (Å²) in [6.07, 6.45) is 3.66. The predicted octanol–water partition coefficient (Wildman–Crippen LogP) is 2.54. The summed E-state index contributed by atoms with van der Waals surface area (Å²) in [7, 11) is 0. The minimum absolute atomic E-state index is 0.0427. The maximum absolute atomic E-state index is 13.6. The zero-order chi connectivity index (χ0) is 14.5. The SMILES string of the molecule is CCOC1CC(CC(Cc2cc(F)ccc2F)NN)C1. The van der Waals surface area contributed by atoms with Gasteiger partial charge in [-0.05, 0) is 62.3 Å². The number of hydrogen-bond acceptors (Lipinski definition) is 3. The number of halogens is 2. The molecule has 1 aromatic rings. The summed E-state index contributed by atoms with van der Waals surface area (Å²) in [6.45, 7) is 2.73. The Kier molecular flexibility index (Phi) is 5.46. The van der Waals surface area contributed by atoms with Crippen molar-refractivity contribution in [1.29, 1.82) is 0 Å². The fourth-order valence-corrected chi connectivity index (χ4v) is 2.82. The highest BCUT2D eigenvalue weighted by Crippen LogP contribution is 2.34. The van der Waals surface area contributed by atoms with Gasteiger partial charge in [0.05, 0.1) is 6.10 Å². The largest absolute Gasteiger partial charge is 0.378 e. The lowest BCUT2D eigenvalue weighted by Gasteiger charge is -2.37. The third-order valence-corrected chi connectivity index (χ3v) is 3.92. The van der Waals surface area contributed by atoms with Gasteiger partial charge < -0.3 is 4.74 Å². The van der Waals surface area contributed by atoms with Crippen LogP contribution in [0.1, 0.15) is 31.7 Å². The van der Waals surface area contributed by atoms with Crippen LogP contribution in [-0.4, -0.2) is 18.8 Å². The van der Waals surface area contributed by atoms with Gasteiger partial charge in [0.25, 0.3) is 0 Å². The van der Waals surface area contributed by atoms with E-state index in [4.69, 9.17) is 10.6 Å². The molecule has 5 heteroatoms. The van der Waals surface area contributed by atoms with Crippen molar-refractivity contribution in [3.63, 3.8) is 0 Å². The first-order valence-corrected chi connectivity index (χ1v) is 7.14. The molecule has 112 valence electrons. The van der Waals surface area contributed by atoms with Crippen molar-refractivity contribution < 1.29 is 13.5 Å². The second-order valence-electron chi connectivity index (χ2n) is 5.45. The zero-order valence-corrected chi connectivity index (χ0v) is 11.7. The van der Waals surface area contributed by atoms with Gasteiger partial charge in [0.1, 0.15) is 11.6 Å². The topological polar surface area (TPSA) is 47.3 Å². The molecular formula is C15H22F2N2O. The van der Waals surface area contributed by atoms with E-state index in [1.54, 1.807) is 0 Å². The fraction of sp³-hybridized carbons (Fsp3) is 0.600. The van der Waals surface area contributed by atoms with Gasteiger partial charge in [-0.3, -0.25) is 11.3 Å². The fourth-order valence-electron chi connectivity index (χ4n) is 2.82. The van der Waals surface area contributed by atoms with Crippen molar-refractivity contribution in [1.82, 2.24) is 5.43 Å². The summed E-state index contributed by atoms with van der Waals surface area (Å²) in [6, 6.07) is 3.48. The standard InChI is InChI=1S/C15H22F2N2O/c1-2-20-14-6-10(7-14)5-13(19-18)9-11-8-12(16)3-4-15(11)17/h3-4,8,10,13-14,19H,2,5-7,9,18H2,1H3. The van der Waals surface area contributed by atoms with E-state index in [0.717, 1.165) is 38.0 Å². The highest BCUT2D eigenvalue weighted by Gasteiger charge is 2.31. The van der Waals surface area contributed by atoms with E-state index >= 15 is 0 Å². The van der Waals surface area contributed by atoms with Crippen molar-refractivity contribution in [2.24, 2.45) is 11.8 Å². The van der Waals surface area contributed by atoms with E-state index in [1.165, 1.54) is 6.07 Å². The van der Waals surface area contributed by atoms with Gasteiger partial charge in [-0.15, -0.1) is 0 Å². The van der Waals surface area contributed by atoms with Gasteiger partial charge in [-0.25, -0.2) is 8.78 Å². The Balaban J connectivity index is 1.85. The Morgan fingerprint density at radius 2 is 2.15 bits per heavy atom. The van der Waals surface area contributed by atoms with Crippen LogP contribution < -0.4 is 11.3 Å². The van der Waals surface area contributed by atoms with E-state index in [2.05, 4.69) is 5.43 Å². The maximum Gasteiger partial charge on any atom is 0.126 e. The lowest BCUT2D eigenvalue weighted by molar-refractivity contribution is -0.0290. The maximum atomic E-state index is 13.6. The quantitative estimate of drug-likeness (QED) is 0.597. The zero-order valence-electron chi connectivity index (χ0n) is 11.7. The Labute approximate surface area is 118 Å². The molecule has 0 aromatic heterocycles. The number of hydrazine groups is 1. The molecule has 3 N–H and O–H groups in total. The van der Waals surface area contributed by atoms with Gasteiger partial charge >= 0.3 is 0 Å². The Hall–Kier alpha value is -1.04. The smallest absolute Gasteiger partial charge is 0.126 e. The number of rotatable bonds is 7. The average Bonchev–Trinajstić information content (AvgIpc) is 2.39. The molecule has 0 radical (unpaired) electrons. The monoisotopic (exact) mass is 284 g/mol. The van der Waals surface area contributed by atoms with Gasteiger partial charge in [-0.1, -0.05) is 0 Å². The van der Waals surface area contributed by atoms with Crippen molar-refractivity contribution >= 4 is 0 Å². The molecule has 1 saturated carbocycles. The Morgan fingerprint density at radius 1 is 1.40 bits per heavy atom. The highest BCUT2D eigenvalue weighted by atomic mass is 19.1. The van der Waals surface area contributed by atoms with Crippen molar-refractivity contribution in [2.75, 3.05) is 6.61 Å². The van der Waals surface area contributed by atoms with Crippen molar-refractivity contribution in [3.05, 3.63) is 35.4 Å². The molecule has 1 atom stereocenters. The lowest BCUT2D eigenvalue weighted by Crippen LogP contribution is -2.42. The van der Waals surface area contributed by atoms with Crippen LogP contribution in [-0.2, 0) is 11.2 Å². The third kappa shape index (κ3) is 3.98. The molecule has 0 saturated heterocycles. The molecule has 3 nitrogen and oxygen atoms in total. The van der Waals surface area contributed by atoms with Crippen LogP contribution in [0.4, 0.5) is 8.78 Å². The molecule has 0 spiro atoms. The van der Waals surface area contributed by atoms with Gasteiger partial charge in [0.2, 0.25) is 0 Å². The van der Waals surface area contributed by atoms with E-state index < -0.39 is 5.82 Å². The Morgan fingerprint density at radius 3 is 2.80 bits per heavy atom. The molecule has 1 unspecified atom stereocenters. The molecule has 1 fully saturated rings. The summed E-state index contributed by atoms with van der Waals surface area (Å²) < 4.78 is 32.3. The molecule has 0 bridgehead atoms. The third-order valence-electron chi connectivity index (χ3n) is 3.92. The first-order valence-electron chi connectivity index (χ1n) is 7.14. The predicted molar refractivity (Wildman–Crippen MR) is 73.9 cm³/mol. The molecule has 2 rings (SSSR count). The van der Waals surface area contributed by atoms with Gasteiger partial charge in [0, 0.05) is 12.6 Å². The van der Waals surface area contributed by atoms with Gasteiger partial charge in [-0.2, -0.15) is 0 Å². The summed E-state index contributed by atoms with van der Waals surface area (Å²) >= 11 is 0. The lowest BCUT2D eigenvalue weighted by atomic mass is 9.77. The molecule has 1 aliphatic carbocycles. The second kappa shape index (κ2) is 7.11. The van der Waals surface area contributed by atoms with E-state index in [1.807, 2.05) is 6.92 Å². The van der Waals surface area contributed by atoms with Crippen LogP contribution in [0.3, 0.4) is 0 Å². The van der Waals surface area contributed by atoms with Crippen molar-refractivity contribution in [2.45, 2.75) is 44.8 Å². The summed E-state index contributed by atoms with van der Waals surface area (Å²) in [5.41, 5.74) is 3.08. The average molecular weight is 284 g/mol. The van der Waals surface area contributed by atoms with Crippen LogP contribution in [0.2, 0.25) is 0 Å². The highest BCUT2D eigenvalue weighted by molar-refractivity contribution is 5.19. The van der Waals surface area contributed by atoms with Crippen LogP contribution >= 0.6 is 0 Å². The minimum atomic E-state index is -0.419. The summed E-state index contributed by atoms with van der Waals surface area (Å²) in [4.78, 5) is 0. The number of ether oxygens (including phenoxy) is 1. The second-order valence-corrected chi connectivity index (χ2v) is 5.45.